The Morgan fingerprint density at radius 2 is 1.72 bits per heavy atom. The fourth-order valence-electron chi connectivity index (χ4n) is 2.88. The number of carbonyl (C=O) groups is 1. The highest BCUT2D eigenvalue weighted by atomic mass is 32.2. The van der Waals surface area contributed by atoms with Crippen molar-refractivity contribution in [2.75, 3.05) is 36.8 Å². The van der Waals surface area contributed by atoms with Crippen molar-refractivity contribution in [3.8, 4) is 0 Å². The quantitative estimate of drug-likeness (QED) is 0.802. The molecule has 0 atom stereocenters. The highest BCUT2D eigenvalue weighted by Gasteiger charge is 2.28. The Labute approximate surface area is 170 Å². The predicted octanol–water partition coefficient (Wildman–Crippen LogP) is 1.95. The molecule has 2 heterocycles. The van der Waals surface area contributed by atoms with Gasteiger partial charge in [-0.3, -0.25) is 0 Å². The number of piperazine rings is 1. The van der Waals surface area contributed by atoms with E-state index in [0.717, 1.165) is 0 Å². The number of anilines is 2. The van der Waals surface area contributed by atoms with Crippen molar-refractivity contribution in [3.63, 3.8) is 0 Å². The summed E-state index contributed by atoms with van der Waals surface area (Å²) in [4.78, 5) is 24.1. The second-order valence-electron chi connectivity index (χ2n) is 7.69. The van der Waals surface area contributed by atoms with Gasteiger partial charge >= 0.3 is 6.09 Å². The molecule has 2 N–H and O–H groups in total. The van der Waals surface area contributed by atoms with Gasteiger partial charge in [0, 0.05) is 26.2 Å². The van der Waals surface area contributed by atoms with Crippen LogP contribution in [0.3, 0.4) is 0 Å². The average Bonchev–Trinajstić information content (AvgIpc) is 2.67. The molecule has 29 heavy (non-hydrogen) atoms. The van der Waals surface area contributed by atoms with Crippen LogP contribution in [-0.2, 0) is 14.6 Å². The Bertz CT molecular complexity index is 981. The van der Waals surface area contributed by atoms with Gasteiger partial charge in [-0.25, -0.2) is 18.2 Å². The van der Waals surface area contributed by atoms with Gasteiger partial charge in [0.25, 0.3) is 0 Å². The van der Waals surface area contributed by atoms with Crippen molar-refractivity contribution in [3.05, 3.63) is 36.5 Å². The number of rotatable bonds is 3. The number of ether oxygens (including phenoxy) is 1. The van der Waals surface area contributed by atoms with E-state index in [4.69, 9.17) is 10.5 Å². The second kappa shape index (κ2) is 7.86. The first-order chi connectivity index (χ1) is 13.6. The zero-order valence-corrected chi connectivity index (χ0v) is 17.5. The monoisotopic (exact) mass is 419 g/mol. The molecule has 1 aromatic heterocycles. The second-order valence-corrected chi connectivity index (χ2v) is 9.61. The number of hydrogen-bond acceptors (Lipinski definition) is 8. The van der Waals surface area contributed by atoms with Crippen LogP contribution in [0.5, 0.6) is 0 Å². The number of sulfone groups is 1. The van der Waals surface area contributed by atoms with Crippen LogP contribution >= 0.6 is 0 Å². The van der Waals surface area contributed by atoms with E-state index in [9.17, 15) is 13.2 Å². The summed E-state index contributed by atoms with van der Waals surface area (Å²) in [6.07, 6.45) is 0.877. The van der Waals surface area contributed by atoms with Crippen LogP contribution in [0.1, 0.15) is 20.8 Å². The van der Waals surface area contributed by atoms with Crippen molar-refractivity contribution in [2.45, 2.75) is 36.2 Å². The maximum absolute atomic E-state index is 12.7. The van der Waals surface area contributed by atoms with E-state index in [1.165, 1.54) is 18.3 Å². The first kappa shape index (κ1) is 20.8. The van der Waals surface area contributed by atoms with Gasteiger partial charge in [0.15, 0.2) is 0 Å². The summed E-state index contributed by atoms with van der Waals surface area (Å²) in [5.41, 5.74) is 5.41. The van der Waals surface area contributed by atoms with Gasteiger partial charge in [0.1, 0.15) is 16.3 Å². The van der Waals surface area contributed by atoms with Gasteiger partial charge in [-0.15, -0.1) is 0 Å². The number of aromatic nitrogens is 2. The largest absolute Gasteiger partial charge is 0.444 e. The lowest BCUT2D eigenvalue weighted by atomic mass is 10.2. The summed E-state index contributed by atoms with van der Waals surface area (Å²) in [6, 6.07) is 8.01. The lowest BCUT2D eigenvalue weighted by Gasteiger charge is -2.35. The number of nitrogen functional groups attached to an aromatic ring is 1. The van der Waals surface area contributed by atoms with Crippen LogP contribution in [0.15, 0.2) is 46.3 Å². The van der Waals surface area contributed by atoms with Crippen molar-refractivity contribution < 1.29 is 17.9 Å². The fraction of sp³-hybridized carbons (Fsp3) is 0.421. The molecule has 0 spiro atoms. The Morgan fingerprint density at radius 1 is 1.10 bits per heavy atom. The van der Waals surface area contributed by atoms with E-state index in [-0.39, 0.29) is 21.7 Å². The molecular formula is C19H25N5O4S. The summed E-state index contributed by atoms with van der Waals surface area (Å²) >= 11 is 0. The number of nitrogens with two attached hydrogens (primary N) is 1. The molecule has 2 aromatic rings. The first-order valence-electron chi connectivity index (χ1n) is 9.23. The smallest absolute Gasteiger partial charge is 0.410 e. The van der Waals surface area contributed by atoms with Crippen LogP contribution in [-0.4, -0.2) is 61.2 Å². The van der Waals surface area contributed by atoms with E-state index in [1.807, 2.05) is 25.7 Å². The van der Waals surface area contributed by atoms with Gasteiger partial charge < -0.3 is 20.3 Å². The zero-order valence-electron chi connectivity index (χ0n) is 16.7. The Morgan fingerprint density at radius 3 is 2.28 bits per heavy atom. The van der Waals surface area contributed by atoms with Crippen molar-refractivity contribution in [1.29, 1.82) is 0 Å². The Kier molecular flexibility index (Phi) is 5.65. The first-order valence-corrected chi connectivity index (χ1v) is 10.7. The molecule has 0 radical (unpaired) electrons. The fourth-order valence-corrected chi connectivity index (χ4v) is 4.16. The third-order valence-corrected chi connectivity index (χ3v) is 6.11. The number of hydrogen-bond donors (Lipinski definition) is 1. The minimum atomic E-state index is -3.79. The lowest BCUT2D eigenvalue weighted by molar-refractivity contribution is 0.0240. The van der Waals surface area contributed by atoms with Gasteiger partial charge in [0.05, 0.1) is 11.1 Å². The third-order valence-electron chi connectivity index (χ3n) is 4.33. The van der Waals surface area contributed by atoms with Gasteiger partial charge in [-0.05, 0) is 32.9 Å². The molecule has 1 aliphatic rings. The molecule has 1 saturated heterocycles. The number of amides is 1. The summed E-state index contributed by atoms with van der Waals surface area (Å²) in [6.45, 7) is 7.34. The molecular weight excluding hydrogens is 394 g/mol. The number of carbonyl (C=O) groups excluding carboxylic acids is 1. The van der Waals surface area contributed by atoms with E-state index in [0.29, 0.717) is 32.1 Å². The van der Waals surface area contributed by atoms with E-state index >= 15 is 0 Å². The molecule has 3 rings (SSSR count). The third kappa shape index (κ3) is 4.76. The Hall–Kier alpha value is -2.88. The maximum atomic E-state index is 12.7. The maximum Gasteiger partial charge on any atom is 0.410 e. The molecule has 0 saturated carbocycles. The van der Waals surface area contributed by atoms with Crippen LogP contribution in [0.25, 0.3) is 0 Å². The van der Waals surface area contributed by atoms with Gasteiger partial charge in [-0.2, -0.15) is 4.98 Å². The van der Waals surface area contributed by atoms with Crippen LogP contribution in [0.4, 0.5) is 16.6 Å². The summed E-state index contributed by atoms with van der Waals surface area (Å²) < 4.78 is 30.9. The van der Waals surface area contributed by atoms with Crippen molar-refractivity contribution in [1.82, 2.24) is 14.9 Å². The van der Waals surface area contributed by atoms with Crippen LogP contribution in [0.2, 0.25) is 0 Å². The molecule has 1 fully saturated rings. The molecule has 1 aromatic carbocycles. The molecule has 156 valence electrons. The predicted molar refractivity (Wildman–Crippen MR) is 108 cm³/mol. The molecule has 0 bridgehead atoms. The van der Waals surface area contributed by atoms with Crippen molar-refractivity contribution in [2.24, 2.45) is 0 Å². The van der Waals surface area contributed by atoms with Gasteiger partial charge in [-0.1, -0.05) is 18.2 Å². The number of benzene rings is 1. The molecule has 1 amide bonds. The average molecular weight is 420 g/mol. The standard InChI is InChI=1S/C19H25N5O4S/c1-19(2,3)28-18(25)24-11-9-23(10-12-24)17-21-13-15(16(20)22-17)29(26,27)14-7-5-4-6-8-14/h4-8,13H,9-12H2,1-3H3,(H2,20,21,22). The summed E-state index contributed by atoms with van der Waals surface area (Å²) in [5.74, 6) is 0.228. The van der Waals surface area contributed by atoms with Crippen LogP contribution < -0.4 is 10.6 Å². The molecule has 10 heteroatoms. The van der Waals surface area contributed by atoms with E-state index in [1.54, 1.807) is 23.1 Å². The normalized spacial score (nSPS) is 15.3. The SMILES string of the molecule is CC(C)(C)OC(=O)N1CCN(c2ncc(S(=O)(=O)c3ccccc3)c(N)n2)CC1. The molecule has 9 nitrogen and oxygen atoms in total. The molecule has 0 aliphatic carbocycles. The highest BCUT2D eigenvalue weighted by Crippen LogP contribution is 2.25. The molecule has 0 unspecified atom stereocenters. The van der Waals surface area contributed by atoms with E-state index < -0.39 is 15.4 Å². The zero-order chi connectivity index (χ0) is 21.2. The number of nitrogens with zero attached hydrogens (tertiary/aromatic N) is 4. The lowest BCUT2D eigenvalue weighted by Crippen LogP contribution is -2.50. The highest BCUT2D eigenvalue weighted by molar-refractivity contribution is 7.91. The summed E-state index contributed by atoms with van der Waals surface area (Å²) in [5, 5.41) is 0. The van der Waals surface area contributed by atoms with Crippen LogP contribution in [0, 0.1) is 0 Å². The minimum Gasteiger partial charge on any atom is -0.444 e. The molecule has 1 aliphatic heterocycles. The van der Waals surface area contributed by atoms with E-state index in [2.05, 4.69) is 9.97 Å². The Balaban J connectivity index is 1.71. The van der Waals surface area contributed by atoms with Gasteiger partial charge in [0.2, 0.25) is 15.8 Å². The van der Waals surface area contributed by atoms with Crippen molar-refractivity contribution >= 4 is 27.7 Å². The minimum absolute atomic E-state index is 0.103. The summed E-state index contributed by atoms with van der Waals surface area (Å²) in [7, 11) is -3.79. The topological polar surface area (TPSA) is 119 Å².